The normalized spacial score (nSPS) is 11.2. The Hall–Kier alpha value is -2.52. The number of hydrogen-bond acceptors (Lipinski definition) is 5. The molecule has 0 aliphatic rings. The van der Waals surface area contributed by atoms with Crippen LogP contribution >= 0.6 is 23.1 Å². The van der Waals surface area contributed by atoms with Gasteiger partial charge in [-0.2, -0.15) is 0 Å². The van der Waals surface area contributed by atoms with E-state index in [4.69, 9.17) is 0 Å². The summed E-state index contributed by atoms with van der Waals surface area (Å²) in [5.74, 6) is -0.0980. The number of carbonyl (C=O) groups is 1. The second-order valence-corrected chi connectivity index (χ2v) is 7.22. The maximum absolute atomic E-state index is 12.5. The van der Waals surface area contributed by atoms with Crippen molar-refractivity contribution < 1.29 is 22.7 Å². The van der Waals surface area contributed by atoms with E-state index in [0.717, 1.165) is 16.5 Å². The highest BCUT2D eigenvalue weighted by Gasteiger charge is 2.31. The van der Waals surface area contributed by atoms with E-state index < -0.39 is 12.1 Å². The van der Waals surface area contributed by atoms with E-state index in [1.165, 1.54) is 41.3 Å². The van der Waals surface area contributed by atoms with Crippen LogP contribution in [-0.4, -0.2) is 17.3 Å². The number of ether oxygens (including phenoxy) is 1. The summed E-state index contributed by atoms with van der Waals surface area (Å²) in [6, 6.07) is 10.8. The minimum atomic E-state index is -4.78. The Bertz CT molecular complexity index is 914. The van der Waals surface area contributed by atoms with Crippen LogP contribution in [0.2, 0.25) is 0 Å². The number of nitrogens with one attached hydrogen (secondary N) is 1. The average molecular weight is 410 g/mol. The van der Waals surface area contributed by atoms with Gasteiger partial charge in [-0.05, 0) is 41.3 Å². The number of alkyl halides is 3. The summed E-state index contributed by atoms with van der Waals surface area (Å²) in [5.41, 5.74) is 1.30. The smallest absolute Gasteiger partial charge is 0.406 e. The first-order chi connectivity index (χ1) is 12.9. The van der Waals surface area contributed by atoms with Gasteiger partial charge in [-0.25, -0.2) is 0 Å². The molecule has 0 atom stereocenters. The Morgan fingerprint density at radius 1 is 1.19 bits per heavy atom. The molecule has 1 N–H and O–H groups in total. The van der Waals surface area contributed by atoms with Crippen LogP contribution in [0.5, 0.6) is 5.75 Å². The monoisotopic (exact) mass is 410 g/mol. The highest BCUT2D eigenvalue weighted by Crippen LogP contribution is 2.31. The molecule has 0 spiro atoms. The van der Waals surface area contributed by atoms with Crippen LogP contribution in [0.1, 0.15) is 15.2 Å². The van der Waals surface area contributed by atoms with Crippen molar-refractivity contribution in [3.8, 4) is 5.75 Å². The lowest BCUT2D eigenvalue weighted by Crippen LogP contribution is -2.17. The van der Waals surface area contributed by atoms with Gasteiger partial charge in [-0.3, -0.25) is 9.78 Å². The zero-order valence-electron chi connectivity index (χ0n) is 13.7. The fourth-order valence-electron chi connectivity index (χ4n) is 2.18. The Labute approximate surface area is 161 Å². The molecule has 4 nitrogen and oxygen atoms in total. The van der Waals surface area contributed by atoms with Crippen LogP contribution in [0.4, 0.5) is 18.9 Å². The van der Waals surface area contributed by atoms with E-state index in [-0.39, 0.29) is 11.6 Å². The molecule has 140 valence electrons. The van der Waals surface area contributed by atoms with Crippen molar-refractivity contribution in [1.29, 1.82) is 0 Å². The minimum absolute atomic E-state index is 0.222. The summed E-state index contributed by atoms with van der Waals surface area (Å²) in [7, 11) is 0. The van der Waals surface area contributed by atoms with Gasteiger partial charge in [0.15, 0.2) is 0 Å². The molecule has 0 aliphatic heterocycles. The third kappa shape index (κ3) is 5.73. The van der Waals surface area contributed by atoms with Crippen molar-refractivity contribution in [1.82, 2.24) is 4.98 Å². The van der Waals surface area contributed by atoms with Crippen molar-refractivity contribution in [2.24, 2.45) is 0 Å². The van der Waals surface area contributed by atoms with E-state index in [0.29, 0.717) is 10.6 Å². The van der Waals surface area contributed by atoms with Crippen LogP contribution in [0, 0.1) is 0 Å². The molecule has 0 saturated heterocycles. The number of thioether (sulfide) groups is 1. The zero-order valence-corrected chi connectivity index (χ0v) is 15.3. The van der Waals surface area contributed by atoms with Crippen LogP contribution < -0.4 is 10.1 Å². The van der Waals surface area contributed by atoms with Crippen LogP contribution in [0.15, 0.2) is 65.1 Å². The summed E-state index contributed by atoms with van der Waals surface area (Å²) < 4.78 is 40.8. The summed E-state index contributed by atoms with van der Waals surface area (Å²) >= 11 is 2.77. The molecular formula is C18H13F3N2O2S2. The van der Waals surface area contributed by atoms with E-state index in [1.54, 1.807) is 17.8 Å². The lowest BCUT2D eigenvalue weighted by atomic mass is 10.3. The first kappa shape index (κ1) is 19.2. The molecule has 27 heavy (non-hydrogen) atoms. The fraction of sp³-hybridized carbons (Fsp3) is 0.111. The molecule has 0 aliphatic carbocycles. The number of carbonyl (C=O) groups excluding carboxylic acids is 1. The molecule has 2 heterocycles. The number of rotatable bonds is 6. The Balaban J connectivity index is 1.67. The number of halogens is 3. The quantitative estimate of drug-likeness (QED) is 0.539. The Morgan fingerprint density at radius 2 is 1.96 bits per heavy atom. The number of amides is 1. The number of thiophene rings is 1. The SMILES string of the molecule is O=C(Nc1cccc(OC(F)(F)F)c1)c1sccc1SCc1ccncc1. The molecule has 9 heteroatoms. The predicted molar refractivity (Wildman–Crippen MR) is 99.2 cm³/mol. The van der Waals surface area contributed by atoms with E-state index in [1.807, 2.05) is 18.2 Å². The van der Waals surface area contributed by atoms with Gasteiger partial charge in [-0.1, -0.05) is 6.07 Å². The van der Waals surface area contributed by atoms with Gasteiger partial charge in [0.05, 0.1) is 0 Å². The molecule has 1 aromatic carbocycles. The predicted octanol–water partition coefficient (Wildman–Crippen LogP) is 5.59. The number of hydrogen-bond donors (Lipinski definition) is 1. The molecular weight excluding hydrogens is 397 g/mol. The molecule has 3 rings (SSSR count). The van der Waals surface area contributed by atoms with Gasteiger partial charge in [0.2, 0.25) is 0 Å². The summed E-state index contributed by atoms with van der Waals surface area (Å²) in [4.78, 5) is 17.8. The number of nitrogens with zero attached hydrogens (tertiary/aromatic N) is 1. The summed E-state index contributed by atoms with van der Waals surface area (Å²) in [6.45, 7) is 0. The Morgan fingerprint density at radius 3 is 2.70 bits per heavy atom. The van der Waals surface area contributed by atoms with Gasteiger partial charge in [-0.15, -0.1) is 36.3 Å². The standard InChI is InChI=1S/C18H13F3N2O2S2/c19-18(20,21)25-14-3-1-2-13(10-14)23-17(24)16-15(6-9-26-16)27-11-12-4-7-22-8-5-12/h1-10H,11H2,(H,23,24). The molecule has 1 amide bonds. The van der Waals surface area contributed by atoms with Crippen molar-refractivity contribution in [3.63, 3.8) is 0 Å². The number of aromatic nitrogens is 1. The van der Waals surface area contributed by atoms with Crippen molar-refractivity contribution in [2.45, 2.75) is 17.0 Å². The zero-order chi connectivity index (χ0) is 19.3. The Kier molecular flexibility index (Phi) is 6.02. The van der Waals surface area contributed by atoms with Gasteiger partial charge in [0, 0.05) is 34.8 Å². The fourth-order valence-corrected chi connectivity index (χ4v) is 4.17. The minimum Gasteiger partial charge on any atom is -0.406 e. The third-order valence-electron chi connectivity index (χ3n) is 3.30. The average Bonchev–Trinajstić information content (AvgIpc) is 3.08. The molecule has 3 aromatic rings. The second-order valence-electron chi connectivity index (χ2n) is 5.29. The highest BCUT2D eigenvalue weighted by atomic mass is 32.2. The number of anilines is 1. The molecule has 0 unspecified atom stereocenters. The van der Waals surface area contributed by atoms with Gasteiger partial charge in [0.1, 0.15) is 10.6 Å². The third-order valence-corrected chi connectivity index (χ3v) is 5.48. The summed E-state index contributed by atoms with van der Waals surface area (Å²) in [5, 5.41) is 4.41. The van der Waals surface area contributed by atoms with Crippen molar-refractivity contribution in [3.05, 3.63) is 70.7 Å². The van der Waals surface area contributed by atoms with Crippen LogP contribution in [0.25, 0.3) is 0 Å². The van der Waals surface area contributed by atoms with Crippen LogP contribution in [-0.2, 0) is 5.75 Å². The largest absolute Gasteiger partial charge is 0.573 e. The van der Waals surface area contributed by atoms with Gasteiger partial charge < -0.3 is 10.1 Å². The second kappa shape index (κ2) is 8.45. The van der Waals surface area contributed by atoms with Gasteiger partial charge >= 0.3 is 6.36 Å². The molecule has 0 fully saturated rings. The maximum atomic E-state index is 12.5. The summed E-state index contributed by atoms with van der Waals surface area (Å²) in [6.07, 6.45) is -1.38. The van der Waals surface area contributed by atoms with Crippen molar-refractivity contribution in [2.75, 3.05) is 5.32 Å². The lowest BCUT2D eigenvalue weighted by Gasteiger charge is -2.11. The first-order valence-corrected chi connectivity index (χ1v) is 9.53. The maximum Gasteiger partial charge on any atom is 0.573 e. The molecule has 0 saturated carbocycles. The first-order valence-electron chi connectivity index (χ1n) is 7.67. The number of benzene rings is 1. The molecule has 0 bridgehead atoms. The van der Waals surface area contributed by atoms with E-state index in [9.17, 15) is 18.0 Å². The molecule has 2 aromatic heterocycles. The van der Waals surface area contributed by atoms with Gasteiger partial charge in [0.25, 0.3) is 5.91 Å². The van der Waals surface area contributed by atoms with Crippen molar-refractivity contribution >= 4 is 34.7 Å². The topological polar surface area (TPSA) is 51.2 Å². The molecule has 0 radical (unpaired) electrons. The lowest BCUT2D eigenvalue weighted by molar-refractivity contribution is -0.274. The van der Waals surface area contributed by atoms with E-state index >= 15 is 0 Å². The number of pyridine rings is 1. The highest BCUT2D eigenvalue weighted by molar-refractivity contribution is 7.98. The van der Waals surface area contributed by atoms with Crippen LogP contribution in [0.3, 0.4) is 0 Å². The van der Waals surface area contributed by atoms with E-state index in [2.05, 4.69) is 15.0 Å².